The molecule has 0 aliphatic carbocycles. The van der Waals surface area contributed by atoms with Gasteiger partial charge in [0.2, 0.25) is 0 Å². The minimum atomic E-state index is -0.255. The fraction of sp³-hybridized carbons (Fsp3) is 0.667. The lowest BCUT2D eigenvalue weighted by molar-refractivity contribution is -0.0166. The highest BCUT2D eigenvalue weighted by molar-refractivity contribution is 14.0. The first-order valence-electron chi connectivity index (χ1n) is 10.3. The fourth-order valence-corrected chi connectivity index (χ4v) is 4.11. The molecule has 2 heterocycles. The molecule has 2 aliphatic heterocycles. The van der Waals surface area contributed by atoms with Gasteiger partial charge in [-0.25, -0.2) is 4.39 Å². The molecule has 164 valence electrons. The van der Waals surface area contributed by atoms with E-state index in [1.807, 2.05) is 14.1 Å². The molecule has 0 atom stereocenters. The van der Waals surface area contributed by atoms with Crippen LogP contribution >= 0.6 is 24.0 Å². The van der Waals surface area contributed by atoms with Crippen LogP contribution < -0.4 is 10.1 Å². The van der Waals surface area contributed by atoms with Gasteiger partial charge < -0.3 is 19.7 Å². The summed E-state index contributed by atoms with van der Waals surface area (Å²) in [6, 6.07) is 6.11. The lowest BCUT2D eigenvalue weighted by Gasteiger charge is -2.45. The smallest absolute Gasteiger partial charge is 0.193 e. The van der Waals surface area contributed by atoms with Crippen molar-refractivity contribution in [2.75, 3.05) is 60.1 Å². The molecule has 2 aliphatic rings. The molecule has 3 rings (SSSR count). The van der Waals surface area contributed by atoms with Gasteiger partial charge in [-0.1, -0.05) is 0 Å². The Hall–Kier alpha value is -1.13. The third kappa shape index (κ3) is 6.68. The van der Waals surface area contributed by atoms with Crippen molar-refractivity contribution in [1.82, 2.24) is 15.1 Å². The predicted molar refractivity (Wildman–Crippen MR) is 125 cm³/mol. The van der Waals surface area contributed by atoms with Crippen molar-refractivity contribution in [2.45, 2.75) is 31.2 Å². The Bertz CT molecular complexity index is 632. The van der Waals surface area contributed by atoms with Crippen LogP contribution in [-0.4, -0.2) is 81.4 Å². The molecule has 0 spiro atoms. The van der Waals surface area contributed by atoms with Crippen molar-refractivity contribution in [1.29, 1.82) is 0 Å². The summed E-state index contributed by atoms with van der Waals surface area (Å²) in [4.78, 5) is 9.16. The molecule has 1 aromatic rings. The number of likely N-dealkylation sites (tertiary alicyclic amines) is 1. The second-order valence-corrected chi connectivity index (χ2v) is 7.66. The molecule has 0 aromatic heterocycles. The Kier molecular flexibility index (Phi) is 9.91. The van der Waals surface area contributed by atoms with E-state index >= 15 is 0 Å². The molecular formula is C21H34FIN4O2. The Labute approximate surface area is 190 Å². The molecule has 0 radical (unpaired) electrons. The first-order valence-corrected chi connectivity index (χ1v) is 10.3. The number of halogens is 2. The summed E-state index contributed by atoms with van der Waals surface area (Å²) in [6.07, 6.45) is 4.71. The van der Waals surface area contributed by atoms with Crippen LogP contribution in [0.5, 0.6) is 5.75 Å². The average Bonchev–Trinajstić information content (AvgIpc) is 3.26. The van der Waals surface area contributed by atoms with Crippen molar-refractivity contribution >= 4 is 29.9 Å². The fourth-order valence-electron chi connectivity index (χ4n) is 4.11. The second-order valence-electron chi connectivity index (χ2n) is 7.66. The standard InChI is InChI=1S/C21H33FN4O2.HI/c1-23-20(25(2)13-16-28-19-7-5-18(22)6-8-19)24-17-21(9-14-27-15-10-21)26-11-3-4-12-26;/h5-8H,3-4,9-17H2,1-2H3,(H,23,24);1H. The third-order valence-electron chi connectivity index (χ3n) is 5.86. The molecular weight excluding hydrogens is 486 g/mol. The van der Waals surface area contributed by atoms with Gasteiger partial charge in [0.05, 0.1) is 6.54 Å². The Morgan fingerprint density at radius 1 is 1.24 bits per heavy atom. The highest BCUT2D eigenvalue weighted by Gasteiger charge is 2.39. The molecule has 0 saturated carbocycles. The number of hydrogen-bond donors (Lipinski definition) is 1. The number of likely N-dealkylation sites (N-methyl/N-ethyl adjacent to an activating group) is 1. The van der Waals surface area contributed by atoms with Crippen LogP contribution in [0, 0.1) is 5.82 Å². The zero-order valence-corrected chi connectivity index (χ0v) is 19.9. The van der Waals surface area contributed by atoms with Crippen LogP contribution in [0.1, 0.15) is 25.7 Å². The molecule has 2 fully saturated rings. The summed E-state index contributed by atoms with van der Waals surface area (Å²) in [5, 5.41) is 3.59. The summed E-state index contributed by atoms with van der Waals surface area (Å²) in [5.74, 6) is 1.29. The largest absolute Gasteiger partial charge is 0.492 e. The predicted octanol–water partition coefficient (Wildman–Crippen LogP) is 2.97. The highest BCUT2D eigenvalue weighted by Crippen LogP contribution is 2.30. The van der Waals surface area contributed by atoms with E-state index in [0.29, 0.717) is 18.9 Å². The van der Waals surface area contributed by atoms with Crippen molar-refractivity contribution in [3.63, 3.8) is 0 Å². The molecule has 0 bridgehead atoms. The first-order chi connectivity index (χ1) is 13.6. The SMILES string of the molecule is CN=C(NCC1(N2CCCC2)CCOCC1)N(C)CCOc1ccc(F)cc1.I. The van der Waals surface area contributed by atoms with E-state index in [2.05, 4.69) is 20.1 Å². The third-order valence-corrected chi connectivity index (χ3v) is 5.86. The minimum absolute atomic E-state index is 0. The quantitative estimate of drug-likeness (QED) is 0.341. The second kappa shape index (κ2) is 11.9. The molecule has 8 heteroatoms. The maximum atomic E-state index is 13.0. The van der Waals surface area contributed by atoms with Gasteiger partial charge in [-0.15, -0.1) is 24.0 Å². The number of hydrogen-bond acceptors (Lipinski definition) is 4. The van der Waals surface area contributed by atoms with Gasteiger partial charge >= 0.3 is 0 Å². The number of nitrogens with zero attached hydrogens (tertiary/aromatic N) is 3. The van der Waals surface area contributed by atoms with Crippen LogP contribution in [0.3, 0.4) is 0 Å². The minimum Gasteiger partial charge on any atom is -0.492 e. The number of guanidine groups is 1. The number of benzene rings is 1. The van der Waals surface area contributed by atoms with Crippen LogP contribution in [-0.2, 0) is 4.74 Å². The number of rotatable bonds is 7. The zero-order chi connectivity index (χ0) is 19.8. The summed E-state index contributed by atoms with van der Waals surface area (Å²) in [6.45, 7) is 6.11. The molecule has 0 amide bonds. The number of ether oxygens (including phenoxy) is 2. The van der Waals surface area contributed by atoms with Crippen LogP contribution in [0.25, 0.3) is 0 Å². The van der Waals surface area contributed by atoms with Crippen molar-refractivity contribution in [3.8, 4) is 5.75 Å². The number of nitrogens with one attached hydrogen (secondary N) is 1. The van der Waals surface area contributed by atoms with E-state index in [1.165, 1.54) is 38.1 Å². The molecule has 2 saturated heterocycles. The molecule has 6 nitrogen and oxygen atoms in total. The Morgan fingerprint density at radius 3 is 2.52 bits per heavy atom. The molecule has 0 unspecified atom stereocenters. The van der Waals surface area contributed by atoms with Crippen molar-refractivity contribution in [2.24, 2.45) is 4.99 Å². The van der Waals surface area contributed by atoms with Crippen LogP contribution in [0.2, 0.25) is 0 Å². The number of aliphatic imine (C=N–C) groups is 1. The summed E-state index contributed by atoms with van der Waals surface area (Å²) in [7, 11) is 3.82. The van der Waals surface area contributed by atoms with E-state index in [9.17, 15) is 4.39 Å². The Balaban J connectivity index is 0.00000300. The maximum Gasteiger partial charge on any atom is 0.193 e. The van der Waals surface area contributed by atoms with Crippen LogP contribution in [0.15, 0.2) is 29.3 Å². The van der Waals surface area contributed by atoms with Gasteiger partial charge in [-0.05, 0) is 63.0 Å². The highest BCUT2D eigenvalue weighted by atomic mass is 127. The normalized spacial score (nSPS) is 19.5. The van der Waals surface area contributed by atoms with E-state index in [-0.39, 0.29) is 35.3 Å². The molecule has 1 N–H and O–H groups in total. The monoisotopic (exact) mass is 520 g/mol. The lowest BCUT2D eigenvalue weighted by atomic mass is 9.88. The lowest BCUT2D eigenvalue weighted by Crippen LogP contribution is -2.58. The van der Waals surface area contributed by atoms with Crippen molar-refractivity contribution < 1.29 is 13.9 Å². The first kappa shape index (κ1) is 24.1. The maximum absolute atomic E-state index is 13.0. The van der Waals surface area contributed by atoms with Crippen molar-refractivity contribution in [3.05, 3.63) is 30.1 Å². The summed E-state index contributed by atoms with van der Waals surface area (Å²) < 4.78 is 24.3. The molecule has 1 aromatic carbocycles. The van der Waals surface area contributed by atoms with E-state index in [4.69, 9.17) is 9.47 Å². The Morgan fingerprint density at radius 2 is 1.90 bits per heavy atom. The van der Waals surface area contributed by atoms with Gasteiger partial charge in [0, 0.05) is 39.4 Å². The van der Waals surface area contributed by atoms with Gasteiger partial charge in [-0.2, -0.15) is 0 Å². The van der Waals surface area contributed by atoms with Gasteiger partial charge in [0.15, 0.2) is 5.96 Å². The summed E-state index contributed by atoms with van der Waals surface area (Å²) in [5.41, 5.74) is 0.163. The zero-order valence-electron chi connectivity index (χ0n) is 17.5. The van der Waals surface area contributed by atoms with E-state index in [1.54, 1.807) is 12.1 Å². The average molecular weight is 520 g/mol. The van der Waals surface area contributed by atoms with Crippen LogP contribution in [0.4, 0.5) is 4.39 Å². The van der Waals surface area contributed by atoms with E-state index in [0.717, 1.165) is 38.6 Å². The molecule has 29 heavy (non-hydrogen) atoms. The topological polar surface area (TPSA) is 49.3 Å². The van der Waals surface area contributed by atoms with Gasteiger partial charge in [0.25, 0.3) is 0 Å². The van der Waals surface area contributed by atoms with Gasteiger partial charge in [0.1, 0.15) is 18.2 Å². The van der Waals surface area contributed by atoms with E-state index < -0.39 is 0 Å². The summed E-state index contributed by atoms with van der Waals surface area (Å²) >= 11 is 0. The van der Waals surface area contributed by atoms with Gasteiger partial charge in [-0.3, -0.25) is 9.89 Å².